The van der Waals surface area contributed by atoms with Crippen molar-refractivity contribution in [2.75, 3.05) is 13.1 Å². The van der Waals surface area contributed by atoms with Gasteiger partial charge in [-0.05, 0) is 31.0 Å². The SMILES string of the molecule is O=C(c1ccc(Cl)s1)N1CCCC(c2ccnc(-c3ccccc3)n2)C1. The number of aromatic nitrogens is 2. The smallest absolute Gasteiger partial charge is 0.263 e. The third-order valence-corrected chi connectivity index (χ3v) is 5.84. The molecule has 3 aromatic rings. The van der Waals surface area contributed by atoms with Crippen LogP contribution in [-0.4, -0.2) is 33.9 Å². The van der Waals surface area contributed by atoms with Gasteiger partial charge in [0, 0.05) is 36.5 Å². The number of nitrogens with zero attached hydrogens (tertiary/aromatic N) is 3. The summed E-state index contributed by atoms with van der Waals surface area (Å²) >= 11 is 7.31. The van der Waals surface area contributed by atoms with Gasteiger partial charge in [0.05, 0.1) is 9.21 Å². The van der Waals surface area contributed by atoms with Gasteiger partial charge in [0.15, 0.2) is 5.82 Å². The molecule has 0 radical (unpaired) electrons. The molecule has 1 atom stereocenters. The van der Waals surface area contributed by atoms with Gasteiger partial charge in [-0.3, -0.25) is 4.79 Å². The molecule has 1 aromatic carbocycles. The maximum atomic E-state index is 12.7. The van der Waals surface area contributed by atoms with Gasteiger partial charge in [0.1, 0.15) is 0 Å². The molecule has 4 nitrogen and oxygen atoms in total. The van der Waals surface area contributed by atoms with Crippen LogP contribution in [-0.2, 0) is 0 Å². The highest BCUT2D eigenvalue weighted by atomic mass is 35.5. The Kier molecular flexibility index (Phi) is 5.00. The molecule has 4 rings (SSSR count). The lowest BCUT2D eigenvalue weighted by molar-refractivity contribution is 0.0711. The number of hydrogen-bond donors (Lipinski definition) is 0. The van der Waals surface area contributed by atoms with E-state index in [0.29, 0.717) is 15.8 Å². The van der Waals surface area contributed by atoms with E-state index in [-0.39, 0.29) is 11.8 Å². The Morgan fingerprint density at radius 1 is 1.15 bits per heavy atom. The van der Waals surface area contributed by atoms with E-state index >= 15 is 0 Å². The van der Waals surface area contributed by atoms with Crippen molar-refractivity contribution in [2.24, 2.45) is 0 Å². The molecule has 1 saturated heterocycles. The van der Waals surface area contributed by atoms with Crippen LogP contribution < -0.4 is 0 Å². The van der Waals surface area contributed by atoms with E-state index in [9.17, 15) is 4.79 Å². The number of thiophene rings is 1. The average Bonchev–Trinajstić information content (AvgIpc) is 3.14. The molecule has 132 valence electrons. The number of piperidine rings is 1. The van der Waals surface area contributed by atoms with E-state index in [2.05, 4.69) is 4.98 Å². The number of halogens is 1. The topological polar surface area (TPSA) is 46.1 Å². The van der Waals surface area contributed by atoms with Crippen molar-refractivity contribution in [1.82, 2.24) is 14.9 Å². The zero-order valence-corrected chi connectivity index (χ0v) is 15.7. The highest BCUT2D eigenvalue weighted by Gasteiger charge is 2.27. The third kappa shape index (κ3) is 3.64. The van der Waals surface area contributed by atoms with Crippen molar-refractivity contribution >= 4 is 28.8 Å². The minimum Gasteiger partial charge on any atom is -0.337 e. The highest BCUT2D eigenvalue weighted by molar-refractivity contribution is 7.17. The van der Waals surface area contributed by atoms with Crippen molar-refractivity contribution < 1.29 is 4.79 Å². The van der Waals surface area contributed by atoms with Gasteiger partial charge in [0.25, 0.3) is 5.91 Å². The first-order valence-corrected chi connectivity index (χ1v) is 9.83. The molecule has 0 saturated carbocycles. The standard InChI is InChI=1S/C20H18ClN3OS/c21-18-9-8-17(26-18)20(25)24-12-4-7-15(13-24)16-10-11-22-19(23-16)14-5-2-1-3-6-14/h1-3,5-6,8-11,15H,4,7,12-13H2. The van der Waals surface area contributed by atoms with Gasteiger partial charge in [0.2, 0.25) is 0 Å². The minimum atomic E-state index is 0.0592. The lowest BCUT2D eigenvalue weighted by Gasteiger charge is -2.32. The number of likely N-dealkylation sites (tertiary alicyclic amines) is 1. The summed E-state index contributed by atoms with van der Waals surface area (Å²) in [5, 5.41) is 0. The molecule has 1 fully saturated rings. The van der Waals surface area contributed by atoms with Gasteiger partial charge in [-0.15, -0.1) is 11.3 Å². The second-order valence-corrected chi connectivity index (χ2v) is 8.08. The molecule has 26 heavy (non-hydrogen) atoms. The highest BCUT2D eigenvalue weighted by Crippen LogP contribution is 2.29. The molecule has 0 N–H and O–H groups in total. The van der Waals surface area contributed by atoms with E-state index < -0.39 is 0 Å². The summed E-state index contributed by atoms with van der Waals surface area (Å²) in [5.41, 5.74) is 2.01. The number of hydrogen-bond acceptors (Lipinski definition) is 4. The summed E-state index contributed by atoms with van der Waals surface area (Å²) in [6.45, 7) is 1.46. The van der Waals surface area contributed by atoms with Crippen LogP contribution in [0.15, 0.2) is 54.7 Å². The van der Waals surface area contributed by atoms with Gasteiger partial charge in [-0.1, -0.05) is 41.9 Å². The number of rotatable bonds is 3. The first-order chi connectivity index (χ1) is 12.7. The summed E-state index contributed by atoms with van der Waals surface area (Å²) in [7, 11) is 0. The Balaban J connectivity index is 1.54. The van der Waals surface area contributed by atoms with Crippen LogP contribution in [0.5, 0.6) is 0 Å². The number of carbonyl (C=O) groups excluding carboxylic acids is 1. The Labute approximate surface area is 161 Å². The summed E-state index contributed by atoms with van der Waals surface area (Å²) < 4.78 is 0.644. The predicted molar refractivity (Wildman–Crippen MR) is 105 cm³/mol. The van der Waals surface area contributed by atoms with Crippen LogP contribution >= 0.6 is 22.9 Å². The van der Waals surface area contributed by atoms with Crippen LogP contribution in [0.3, 0.4) is 0 Å². The van der Waals surface area contributed by atoms with Crippen molar-refractivity contribution in [3.63, 3.8) is 0 Å². The number of benzene rings is 1. The Hall–Kier alpha value is -2.24. The molecule has 3 heterocycles. The fraction of sp³-hybridized carbons (Fsp3) is 0.250. The van der Waals surface area contributed by atoms with Crippen molar-refractivity contribution in [2.45, 2.75) is 18.8 Å². The minimum absolute atomic E-state index is 0.0592. The van der Waals surface area contributed by atoms with E-state index in [4.69, 9.17) is 16.6 Å². The first kappa shape index (κ1) is 17.2. The normalized spacial score (nSPS) is 17.3. The molecule has 0 aliphatic carbocycles. The van der Waals surface area contributed by atoms with Crippen LogP contribution in [0.4, 0.5) is 0 Å². The van der Waals surface area contributed by atoms with E-state index in [1.807, 2.05) is 47.5 Å². The van der Waals surface area contributed by atoms with Crippen LogP contribution in [0.25, 0.3) is 11.4 Å². The fourth-order valence-corrected chi connectivity index (χ4v) is 4.33. The maximum absolute atomic E-state index is 12.7. The van der Waals surface area contributed by atoms with Crippen LogP contribution in [0.1, 0.15) is 34.1 Å². The Morgan fingerprint density at radius 2 is 2.00 bits per heavy atom. The Morgan fingerprint density at radius 3 is 2.77 bits per heavy atom. The second kappa shape index (κ2) is 7.56. The quantitative estimate of drug-likeness (QED) is 0.647. The van der Waals surface area contributed by atoms with Crippen molar-refractivity contribution in [1.29, 1.82) is 0 Å². The van der Waals surface area contributed by atoms with E-state index in [1.165, 1.54) is 11.3 Å². The first-order valence-electron chi connectivity index (χ1n) is 8.63. The molecule has 1 aliphatic heterocycles. The molecule has 0 bridgehead atoms. The monoisotopic (exact) mass is 383 g/mol. The van der Waals surface area contributed by atoms with Gasteiger partial charge < -0.3 is 4.90 Å². The Bertz CT molecular complexity index is 912. The number of amides is 1. The largest absolute Gasteiger partial charge is 0.337 e. The summed E-state index contributed by atoms with van der Waals surface area (Å²) in [4.78, 5) is 24.5. The lowest BCUT2D eigenvalue weighted by Crippen LogP contribution is -2.39. The van der Waals surface area contributed by atoms with Gasteiger partial charge in [-0.25, -0.2) is 9.97 Å². The third-order valence-electron chi connectivity index (χ3n) is 4.62. The van der Waals surface area contributed by atoms with E-state index in [0.717, 1.165) is 36.5 Å². The summed E-state index contributed by atoms with van der Waals surface area (Å²) in [5.74, 6) is 1.02. The van der Waals surface area contributed by atoms with Crippen LogP contribution in [0.2, 0.25) is 4.34 Å². The van der Waals surface area contributed by atoms with E-state index in [1.54, 1.807) is 12.1 Å². The summed E-state index contributed by atoms with van der Waals surface area (Å²) in [6.07, 6.45) is 3.81. The van der Waals surface area contributed by atoms with Crippen molar-refractivity contribution in [3.05, 3.63) is 69.6 Å². The maximum Gasteiger partial charge on any atom is 0.263 e. The zero-order valence-electron chi connectivity index (χ0n) is 14.1. The molecule has 0 spiro atoms. The molecule has 6 heteroatoms. The molecule has 1 amide bonds. The zero-order chi connectivity index (χ0) is 17.9. The predicted octanol–water partition coefficient (Wildman–Crippen LogP) is 4.88. The van der Waals surface area contributed by atoms with Gasteiger partial charge >= 0.3 is 0 Å². The van der Waals surface area contributed by atoms with Crippen molar-refractivity contribution in [3.8, 4) is 11.4 Å². The summed E-state index contributed by atoms with van der Waals surface area (Å²) in [6, 6.07) is 15.5. The number of carbonyl (C=O) groups is 1. The fourth-order valence-electron chi connectivity index (χ4n) is 3.31. The average molecular weight is 384 g/mol. The van der Waals surface area contributed by atoms with Crippen LogP contribution in [0, 0.1) is 0 Å². The molecule has 2 aromatic heterocycles. The molecule has 1 unspecified atom stereocenters. The molecular weight excluding hydrogens is 366 g/mol. The van der Waals surface area contributed by atoms with Gasteiger partial charge in [-0.2, -0.15) is 0 Å². The lowest BCUT2D eigenvalue weighted by atomic mass is 9.94. The second-order valence-electron chi connectivity index (χ2n) is 6.37. The molecule has 1 aliphatic rings. The molecular formula is C20H18ClN3OS.